The first-order valence-electron chi connectivity index (χ1n) is 8.81. The van der Waals surface area contributed by atoms with Gasteiger partial charge in [0, 0.05) is 31.7 Å². The van der Waals surface area contributed by atoms with E-state index in [1.54, 1.807) is 0 Å². The predicted molar refractivity (Wildman–Crippen MR) is 88.1 cm³/mol. The third-order valence-electron chi connectivity index (χ3n) is 5.70. The van der Waals surface area contributed by atoms with E-state index in [-0.39, 0.29) is 0 Å². The van der Waals surface area contributed by atoms with Crippen LogP contribution in [0.3, 0.4) is 0 Å². The highest BCUT2D eigenvalue weighted by atomic mass is 15.2. The van der Waals surface area contributed by atoms with Gasteiger partial charge in [0.1, 0.15) is 0 Å². The summed E-state index contributed by atoms with van der Waals surface area (Å²) in [5.74, 6) is 0. The number of piperazine rings is 1. The molecule has 0 radical (unpaired) electrons. The van der Waals surface area contributed by atoms with Crippen LogP contribution >= 0.6 is 0 Å². The fourth-order valence-electron chi connectivity index (χ4n) is 4.09. The third kappa shape index (κ3) is 3.98. The molecule has 0 aromatic rings. The Kier molecular flexibility index (Phi) is 5.18. The summed E-state index contributed by atoms with van der Waals surface area (Å²) in [4.78, 5) is 2.82. The Morgan fingerprint density at radius 3 is 2.35 bits per heavy atom. The van der Waals surface area contributed by atoms with Crippen LogP contribution < -0.4 is 5.32 Å². The van der Waals surface area contributed by atoms with E-state index in [9.17, 15) is 0 Å². The average molecular weight is 280 g/mol. The van der Waals surface area contributed by atoms with E-state index in [0.29, 0.717) is 16.9 Å². The molecule has 1 aliphatic heterocycles. The summed E-state index contributed by atoms with van der Waals surface area (Å²) >= 11 is 0. The van der Waals surface area contributed by atoms with E-state index in [1.165, 1.54) is 58.2 Å². The highest BCUT2D eigenvalue weighted by molar-refractivity contribution is 4.94. The summed E-state index contributed by atoms with van der Waals surface area (Å²) in [7, 11) is 0. The molecule has 2 fully saturated rings. The van der Waals surface area contributed by atoms with Gasteiger partial charge in [-0.2, -0.15) is 0 Å². The van der Waals surface area contributed by atoms with Crippen molar-refractivity contribution in [2.24, 2.45) is 10.8 Å². The highest BCUT2D eigenvalue weighted by Crippen LogP contribution is 2.37. The van der Waals surface area contributed by atoms with Crippen molar-refractivity contribution in [3.8, 4) is 0 Å². The maximum Gasteiger partial charge on any atom is 0.0244 e. The average Bonchev–Trinajstić information content (AvgIpc) is 2.38. The van der Waals surface area contributed by atoms with Gasteiger partial charge >= 0.3 is 0 Å². The van der Waals surface area contributed by atoms with Crippen molar-refractivity contribution in [2.45, 2.75) is 85.2 Å². The Bertz CT molecular complexity index is 299. The summed E-state index contributed by atoms with van der Waals surface area (Å²) < 4.78 is 0. The molecular formula is C18H36N2. The van der Waals surface area contributed by atoms with Crippen LogP contribution in [0.2, 0.25) is 0 Å². The van der Waals surface area contributed by atoms with Crippen LogP contribution in [0.25, 0.3) is 0 Å². The van der Waals surface area contributed by atoms with E-state index < -0.39 is 0 Å². The molecule has 0 amide bonds. The van der Waals surface area contributed by atoms with Crippen molar-refractivity contribution in [1.82, 2.24) is 10.2 Å². The molecule has 1 saturated heterocycles. The lowest BCUT2D eigenvalue weighted by molar-refractivity contribution is 0.0347. The number of nitrogens with zero attached hydrogens (tertiary/aromatic N) is 1. The zero-order chi connectivity index (χ0) is 14.8. The predicted octanol–water partition coefficient (Wildman–Crippen LogP) is 4.06. The van der Waals surface area contributed by atoms with E-state index in [2.05, 4.69) is 44.8 Å². The Labute approximate surface area is 126 Å². The van der Waals surface area contributed by atoms with Crippen molar-refractivity contribution in [3.05, 3.63) is 0 Å². The summed E-state index contributed by atoms with van der Waals surface area (Å²) in [5, 5.41) is 3.80. The van der Waals surface area contributed by atoms with Crippen molar-refractivity contribution in [3.63, 3.8) is 0 Å². The molecule has 0 bridgehead atoms. The SMILES string of the molecule is CCC1CNC(C(C)(C)C)CN1CC1(C)CCCCC1. The standard InChI is InChI=1S/C18H36N2/c1-6-15-12-19-16(17(2,3)4)13-20(15)14-18(5)10-8-7-9-11-18/h15-16,19H,6-14H2,1-5H3. The van der Waals surface area contributed by atoms with Gasteiger partial charge in [-0.05, 0) is 30.1 Å². The van der Waals surface area contributed by atoms with Gasteiger partial charge in [0.15, 0.2) is 0 Å². The smallest absolute Gasteiger partial charge is 0.0244 e. The number of hydrogen-bond donors (Lipinski definition) is 1. The molecule has 0 aromatic carbocycles. The molecule has 2 rings (SSSR count). The quantitative estimate of drug-likeness (QED) is 0.839. The lowest BCUT2D eigenvalue weighted by Gasteiger charge is -2.48. The van der Waals surface area contributed by atoms with Crippen LogP contribution in [0.5, 0.6) is 0 Å². The molecule has 2 atom stereocenters. The summed E-state index contributed by atoms with van der Waals surface area (Å²) in [5.41, 5.74) is 0.940. The summed E-state index contributed by atoms with van der Waals surface area (Å²) in [6.45, 7) is 15.7. The van der Waals surface area contributed by atoms with Gasteiger partial charge < -0.3 is 5.32 Å². The van der Waals surface area contributed by atoms with Gasteiger partial charge in [-0.25, -0.2) is 0 Å². The molecule has 0 aromatic heterocycles. The van der Waals surface area contributed by atoms with Gasteiger partial charge in [0.05, 0.1) is 0 Å². The maximum absolute atomic E-state index is 3.80. The second kappa shape index (κ2) is 6.36. The Balaban J connectivity index is 2.01. The summed E-state index contributed by atoms with van der Waals surface area (Å²) in [6, 6.07) is 1.38. The molecule has 0 spiro atoms. The minimum absolute atomic E-state index is 0.366. The highest BCUT2D eigenvalue weighted by Gasteiger charge is 2.37. The largest absolute Gasteiger partial charge is 0.311 e. The van der Waals surface area contributed by atoms with Crippen molar-refractivity contribution in [2.75, 3.05) is 19.6 Å². The van der Waals surface area contributed by atoms with Crippen LogP contribution in [0.1, 0.15) is 73.1 Å². The van der Waals surface area contributed by atoms with Gasteiger partial charge in [0.2, 0.25) is 0 Å². The molecule has 1 heterocycles. The van der Waals surface area contributed by atoms with E-state index in [1.807, 2.05) is 0 Å². The van der Waals surface area contributed by atoms with Gasteiger partial charge in [-0.15, -0.1) is 0 Å². The van der Waals surface area contributed by atoms with Gasteiger partial charge in [-0.3, -0.25) is 4.90 Å². The van der Waals surface area contributed by atoms with Crippen LogP contribution in [0.4, 0.5) is 0 Å². The lowest BCUT2D eigenvalue weighted by atomic mass is 9.74. The zero-order valence-electron chi connectivity index (χ0n) is 14.5. The lowest BCUT2D eigenvalue weighted by Crippen LogP contribution is -2.61. The molecular weight excluding hydrogens is 244 g/mol. The van der Waals surface area contributed by atoms with Crippen LogP contribution in [-0.2, 0) is 0 Å². The third-order valence-corrected chi connectivity index (χ3v) is 5.70. The van der Waals surface area contributed by atoms with Crippen molar-refractivity contribution < 1.29 is 0 Å². The molecule has 2 nitrogen and oxygen atoms in total. The van der Waals surface area contributed by atoms with Crippen LogP contribution in [-0.4, -0.2) is 36.6 Å². The van der Waals surface area contributed by atoms with E-state index >= 15 is 0 Å². The number of nitrogens with one attached hydrogen (secondary N) is 1. The zero-order valence-corrected chi connectivity index (χ0v) is 14.5. The van der Waals surface area contributed by atoms with E-state index in [4.69, 9.17) is 0 Å². The molecule has 2 heteroatoms. The molecule has 118 valence electrons. The fourth-order valence-corrected chi connectivity index (χ4v) is 4.09. The maximum atomic E-state index is 3.80. The Hall–Kier alpha value is -0.0800. The van der Waals surface area contributed by atoms with Crippen LogP contribution in [0, 0.1) is 10.8 Å². The first-order chi connectivity index (χ1) is 9.34. The topological polar surface area (TPSA) is 15.3 Å². The van der Waals surface area contributed by atoms with Gasteiger partial charge in [0.25, 0.3) is 0 Å². The Morgan fingerprint density at radius 1 is 1.15 bits per heavy atom. The first-order valence-corrected chi connectivity index (χ1v) is 8.81. The minimum atomic E-state index is 0.366. The minimum Gasteiger partial charge on any atom is -0.311 e. The Morgan fingerprint density at radius 2 is 1.80 bits per heavy atom. The monoisotopic (exact) mass is 280 g/mol. The molecule has 2 aliphatic rings. The number of hydrogen-bond acceptors (Lipinski definition) is 2. The van der Waals surface area contributed by atoms with Gasteiger partial charge in [-0.1, -0.05) is 53.9 Å². The van der Waals surface area contributed by atoms with E-state index in [0.717, 1.165) is 6.04 Å². The number of rotatable bonds is 3. The van der Waals surface area contributed by atoms with Crippen molar-refractivity contribution in [1.29, 1.82) is 0 Å². The van der Waals surface area contributed by atoms with Crippen molar-refractivity contribution >= 4 is 0 Å². The molecule has 1 saturated carbocycles. The second-order valence-electron chi connectivity index (χ2n) is 8.69. The molecule has 1 N–H and O–H groups in total. The second-order valence-corrected chi connectivity index (χ2v) is 8.69. The fraction of sp³-hybridized carbons (Fsp3) is 1.00. The normalized spacial score (nSPS) is 32.2. The molecule has 2 unspecified atom stereocenters. The molecule has 1 aliphatic carbocycles. The molecule has 20 heavy (non-hydrogen) atoms. The summed E-state index contributed by atoms with van der Waals surface area (Å²) in [6.07, 6.45) is 8.50. The van der Waals surface area contributed by atoms with Crippen LogP contribution in [0.15, 0.2) is 0 Å². The first kappa shape index (κ1) is 16.3.